The molecule has 0 saturated heterocycles. The maximum atomic E-state index is 13.7. The van der Waals surface area contributed by atoms with Crippen LogP contribution in [0.3, 0.4) is 0 Å². The normalized spacial score (nSPS) is 15.9. The Labute approximate surface area is 231 Å². The van der Waals surface area contributed by atoms with Crippen LogP contribution < -0.4 is 10.2 Å². The van der Waals surface area contributed by atoms with Gasteiger partial charge in [-0.05, 0) is 55.7 Å². The highest BCUT2D eigenvalue weighted by Gasteiger charge is 2.32. The Morgan fingerprint density at radius 3 is 2.51 bits per heavy atom. The van der Waals surface area contributed by atoms with Gasteiger partial charge in [-0.2, -0.15) is 0 Å². The smallest absolute Gasteiger partial charge is 0.258 e. The quantitative estimate of drug-likeness (QED) is 0.345. The van der Waals surface area contributed by atoms with Crippen molar-refractivity contribution < 1.29 is 14.4 Å². The van der Waals surface area contributed by atoms with Gasteiger partial charge in [0.25, 0.3) is 5.91 Å². The van der Waals surface area contributed by atoms with Gasteiger partial charge < -0.3 is 15.1 Å². The van der Waals surface area contributed by atoms with Crippen molar-refractivity contribution in [3.8, 4) is 0 Å². The van der Waals surface area contributed by atoms with Crippen LogP contribution in [0.15, 0.2) is 60.7 Å². The molecular weight excluding hydrogens is 486 g/mol. The summed E-state index contributed by atoms with van der Waals surface area (Å²) < 4.78 is 0. The summed E-state index contributed by atoms with van der Waals surface area (Å²) in [5, 5.41) is 5.29. The van der Waals surface area contributed by atoms with Gasteiger partial charge in [0.15, 0.2) is 0 Å². The lowest BCUT2D eigenvalue weighted by molar-refractivity contribution is -0.141. The van der Waals surface area contributed by atoms with E-state index in [1.165, 1.54) is 6.42 Å². The van der Waals surface area contributed by atoms with Gasteiger partial charge in [0.05, 0.1) is 5.69 Å². The minimum absolute atomic E-state index is 0.0100. The predicted octanol–water partition coefficient (Wildman–Crippen LogP) is 6.14. The molecule has 1 heterocycles. The fourth-order valence-electron chi connectivity index (χ4n) is 6.20. The van der Waals surface area contributed by atoms with Crippen molar-refractivity contribution in [3.63, 3.8) is 0 Å². The van der Waals surface area contributed by atoms with Crippen molar-refractivity contribution in [2.45, 2.75) is 83.8 Å². The monoisotopic (exact) mass is 525 g/mol. The lowest BCUT2D eigenvalue weighted by Gasteiger charge is -2.33. The van der Waals surface area contributed by atoms with Crippen LogP contribution in [0.4, 0.5) is 5.69 Å². The second kappa shape index (κ2) is 12.0. The summed E-state index contributed by atoms with van der Waals surface area (Å²) in [7, 11) is 0. The largest absolute Gasteiger partial charge is 0.352 e. The molecule has 6 nitrogen and oxygen atoms in total. The maximum Gasteiger partial charge on any atom is 0.258 e. The zero-order chi connectivity index (χ0) is 27.4. The molecule has 5 rings (SSSR count). The number of hydrogen-bond donors (Lipinski definition) is 1. The van der Waals surface area contributed by atoms with Crippen molar-refractivity contribution >= 4 is 34.2 Å². The average molecular weight is 526 g/mol. The Balaban J connectivity index is 1.29. The number of aryl methyl sites for hydroxylation is 1. The molecular formula is C33H39N3O3. The number of hydrogen-bond acceptors (Lipinski definition) is 3. The van der Waals surface area contributed by atoms with Crippen LogP contribution in [0.25, 0.3) is 10.8 Å². The third-order valence-electron chi connectivity index (χ3n) is 8.19. The van der Waals surface area contributed by atoms with Crippen molar-refractivity contribution in [1.82, 2.24) is 10.2 Å². The number of benzene rings is 3. The second-order valence-corrected chi connectivity index (χ2v) is 11.0. The molecule has 1 aliphatic heterocycles. The highest BCUT2D eigenvalue weighted by Crippen LogP contribution is 2.37. The lowest BCUT2D eigenvalue weighted by Crippen LogP contribution is -2.51. The van der Waals surface area contributed by atoms with E-state index in [0.717, 1.165) is 58.8 Å². The summed E-state index contributed by atoms with van der Waals surface area (Å²) in [5.74, 6) is -0.115. The fourth-order valence-corrected chi connectivity index (χ4v) is 6.20. The van der Waals surface area contributed by atoms with Gasteiger partial charge in [-0.25, -0.2) is 0 Å². The molecule has 1 fully saturated rings. The van der Waals surface area contributed by atoms with Crippen LogP contribution in [0.5, 0.6) is 0 Å². The molecule has 0 radical (unpaired) electrons. The van der Waals surface area contributed by atoms with E-state index in [4.69, 9.17) is 0 Å². The molecule has 39 heavy (non-hydrogen) atoms. The van der Waals surface area contributed by atoms with Gasteiger partial charge in [-0.15, -0.1) is 0 Å². The van der Waals surface area contributed by atoms with Crippen LogP contribution in [-0.2, 0) is 16.1 Å². The first kappa shape index (κ1) is 26.9. The Bertz CT molecular complexity index is 1360. The zero-order valence-electron chi connectivity index (χ0n) is 23.1. The van der Waals surface area contributed by atoms with Crippen molar-refractivity contribution in [2.24, 2.45) is 0 Å². The summed E-state index contributed by atoms with van der Waals surface area (Å²) >= 11 is 0. The highest BCUT2D eigenvalue weighted by molar-refractivity contribution is 6.25. The van der Waals surface area contributed by atoms with Gasteiger partial charge in [-0.3, -0.25) is 14.4 Å². The van der Waals surface area contributed by atoms with Crippen LogP contribution in [0.1, 0.15) is 79.8 Å². The molecule has 6 heteroatoms. The van der Waals surface area contributed by atoms with Crippen molar-refractivity contribution in [3.05, 3.63) is 77.4 Å². The van der Waals surface area contributed by atoms with Gasteiger partial charge in [0, 0.05) is 36.5 Å². The van der Waals surface area contributed by atoms with Crippen LogP contribution >= 0.6 is 0 Å². The number of carbonyl (C=O) groups excluding carboxylic acids is 3. The minimum Gasteiger partial charge on any atom is -0.352 e. The first-order valence-corrected chi connectivity index (χ1v) is 14.4. The molecule has 204 valence electrons. The number of anilines is 1. The predicted molar refractivity (Wildman–Crippen MR) is 156 cm³/mol. The molecule has 1 N–H and O–H groups in total. The van der Waals surface area contributed by atoms with E-state index >= 15 is 0 Å². The van der Waals surface area contributed by atoms with E-state index in [1.807, 2.05) is 68.4 Å². The van der Waals surface area contributed by atoms with Gasteiger partial charge in [0.2, 0.25) is 11.8 Å². The number of rotatable bonds is 10. The minimum atomic E-state index is -0.522. The van der Waals surface area contributed by atoms with Crippen LogP contribution in [-0.4, -0.2) is 41.2 Å². The molecule has 3 aromatic carbocycles. The second-order valence-electron chi connectivity index (χ2n) is 11.0. The van der Waals surface area contributed by atoms with E-state index in [1.54, 1.807) is 9.80 Å². The van der Waals surface area contributed by atoms with Crippen molar-refractivity contribution in [1.29, 1.82) is 0 Å². The third-order valence-corrected chi connectivity index (χ3v) is 8.19. The van der Waals surface area contributed by atoms with Crippen molar-refractivity contribution in [2.75, 3.05) is 11.4 Å². The van der Waals surface area contributed by atoms with Crippen LogP contribution in [0.2, 0.25) is 0 Å². The SMILES string of the molecule is CC[C@H](C(=O)NC1CCCCC1)N(Cc1cccc(C)c1)C(=O)CCCN1C(=O)c2cccc3cccc1c23. The Kier molecular flexibility index (Phi) is 8.30. The fraction of sp³-hybridized carbons (Fsp3) is 0.424. The van der Waals surface area contributed by atoms with Crippen LogP contribution in [0, 0.1) is 6.92 Å². The molecule has 1 aliphatic carbocycles. The van der Waals surface area contributed by atoms with E-state index in [2.05, 4.69) is 11.4 Å². The zero-order valence-corrected chi connectivity index (χ0v) is 23.1. The number of carbonyl (C=O) groups is 3. The Morgan fingerprint density at radius 1 is 1.03 bits per heavy atom. The number of nitrogens with one attached hydrogen (secondary N) is 1. The standard InChI is InChI=1S/C33H39N3O3/c1-3-28(32(38)34-26-15-5-4-6-16-26)36(22-24-12-7-11-23(2)21-24)30(37)19-10-20-35-29-18-9-14-25-13-8-17-27(31(25)29)33(35)39/h7-9,11-14,17-18,21,26,28H,3-6,10,15-16,19-20,22H2,1-2H3,(H,34,38)/t28-/m1/s1. The van der Waals surface area contributed by atoms with Gasteiger partial charge in [-0.1, -0.05) is 80.3 Å². The molecule has 0 aromatic heterocycles. The summed E-state index contributed by atoms with van der Waals surface area (Å²) in [6, 6.07) is 19.6. The van der Waals surface area contributed by atoms with Gasteiger partial charge in [0.1, 0.15) is 6.04 Å². The number of nitrogens with zero attached hydrogens (tertiary/aromatic N) is 2. The summed E-state index contributed by atoms with van der Waals surface area (Å²) in [4.78, 5) is 43.9. The molecule has 0 bridgehead atoms. The molecule has 0 unspecified atom stereocenters. The van der Waals surface area contributed by atoms with E-state index in [-0.39, 0.29) is 30.2 Å². The molecule has 3 amide bonds. The van der Waals surface area contributed by atoms with E-state index < -0.39 is 6.04 Å². The molecule has 3 aromatic rings. The topological polar surface area (TPSA) is 69.7 Å². The third kappa shape index (κ3) is 5.85. The summed E-state index contributed by atoms with van der Waals surface area (Å²) in [5.41, 5.74) is 3.78. The highest BCUT2D eigenvalue weighted by atomic mass is 16.2. The molecule has 1 saturated carbocycles. The Morgan fingerprint density at radius 2 is 1.77 bits per heavy atom. The van der Waals surface area contributed by atoms with E-state index in [9.17, 15) is 14.4 Å². The summed E-state index contributed by atoms with van der Waals surface area (Å²) in [6.07, 6.45) is 6.87. The maximum absolute atomic E-state index is 13.7. The summed E-state index contributed by atoms with van der Waals surface area (Å²) in [6.45, 7) is 4.86. The first-order valence-electron chi connectivity index (χ1n) is 14.4. The van der Waals surface area contributed by atoms with Gasteiger partial charge >= 0.3 is 0 Å². The first-order chi connectivity index (χ1) is 19.0. The molecule has 2 aliphatic rings. The van der Waals surface area contributed by atoms with E-state index in [0.29, 0.717) is 25.9 Å². The number of amides is 3. The lowest BCUT2D eigenvalue weighted by atomic mass is 9.95. The molecule has 0 spiro atoms. The Hall–Kier alpha value is -3.67. The average Bonchev–Trinajstić information content (AvgIpc) is 3.21. The molecule has 1 atom stereocenters.